The number of hydroxylamine groups is 1. The van der Waals surface area contributed by atoms with Crippen LogP contribution in [0, 0.1) is 0 Å². The molecule has 0 saturated heterocycles. The third kappa shape index (κ3) is 2.10. The minimum Gasteiger partial charge on any atom is -0.465 e. The summed E-state index contributed by atoms with van der Waals surface area (Å²) in [4.78, 5) is 28.6. The van der Waals surface area contributed by atoms with Crippen LogP contribution in [0.15, 0.2) is 42.6 Å². The number of aromatic nitrogens is 1. The number of ether oxygens (including phenoxy) is 1. The van der Waals surface area contributed by atoms with Gasteiger partial charge in [0.2, 0.25) is 0 Å². The first-order chi connectivity index (χ1) is 10.7. The second-order valence-electron chi connectivity index (χ2n) is 4.69. The van der Waals surface area contributed by atoms with Gasteiger partial charge in [-0.25, -0.2) is 10.3 Å². The van der Waals surface area contributed by atoms with Crippen molar-refractivity contribution in [2.75, 3.05) is 14.2 Å². The first-order valence-corrected chi connectivity index (χ1v) is 6.62. The van der Waals surface area contributed by atoms with Crippen LogP contribution in [0.4, 0.5) is 0 Å². The number of fused-ring (bicyclic) bond motifs is 3. The number of benzene rings is 1. The Morgan fingerprint density at radius 1 is 1.05 bits per heavy atom. The summed E-state index contributed by atoms with van der Waals surface area (Å²) < 4.78 is 6.67. The number of hydrogen-bond acceptors (Lipinski definition) is 4. The molecule has 3 rings (SSSR count). The lowest BCUT2D eigenvalue weighted by atomic mass is 10.1. The van der Waals surface area contributed by atoms with Gasteiger partial charge in [0.15, 0.2) is 0 Å². The van der Waals surface area contributed by atoms with Crippen LogP contribution in [-0.2, 0) is 9.57 Å². The zero-order valence-electron chi connectivity index (χ0n) is 12.1. The number of para-hydroxylation sites is 1. The number of nitrogens with zero attached hydrogens (tertiary/aromatic N) is 1. The predicted octanol–water partition coefficient (Wildman–Crippen LogP) is 2.17. The zero-order valence-corrected chi connectivity index (χ0v) is 12.1. The zero-order chi connectivity index (χ0) is 15.7. The maximum Gasteiger partial charge on any atom is 0.340 e. The number of nitrogens with one attached hydrogen (secondary N) is 1. The first kappa shape index (κ1) is 14.1. The quantitative estimate of drug-likeness (QED) is 0.594. The van der Waals surface area contributed by atoms with Crippen molar-refractivity contribution < 1.29 is 19.2 Å². The van der Waals surface area contributed by atoms with E-state index in [1.165, 1.54) is 14.2 Å². The summed E-state index contributed by atoms with van der Waals surface area (Å²) in [7, 11) is 2.72. The van der Waals surface area contributed by atoms with E-state index in [0.29, 0.717) is 16.6 Å². The second-order valence-corrected chi connectivity index (χ2v) is 4.69. The highest BCUT2D eigenvalue weighted by Gasteiger charge is 2.19. The van der Waals surface area contributed by atoms with Gasteiger partial charge < -0.3 is 9.14 Å². The summed E-state index contributed by atoms with van der Waals surface area (Å²) in [5, 5.41) is 0.777. The van der Waals surface area contributed by atoms with Gasteiger partial charge >= 0.3 is 5.97 Å². The third-order valence-electron chi connectivity index (χ3n) is 3.48. The van der Waals surface area contributed by atoms with Gasteiger partial charge in [0.05, 0.1) is 36.4 Å². The number of esters is 1. The summed E-state index contributed by atoms with van der Waals surface area (Å²) in [6, 6.07) is 10.8. The number of carbonyl (C=O) groups excluding carboxylic acids is 2. The molecule has 1 N–H and O–H groups in total. The summed E-state index contributed by atoms with van der Waals surface area (Å²) >= 11 is 0. The van der Waals surface area contributed by atoms with Crippen LogP contribution in [-0.4, -0.2) is 30.5 Å². The van der Waals surface area contributed by atoms with Gasteiger partial charge in [-0.05, 0) is 18.2 Å². The van der Waals surface area contributed by atoms with Crippen molar-refractivity contribution in [3.63, 3.8) is 0 Å². The van der Waals surface area contributed by atoms with E-state index < -0.39 is 5.97 Å². The van der Waals surface area contributed by atoms with E-state index in [1.807, 2.05) is 24.3 Å². The lowest BCUT2D eigenvalue weighted by Crippen LogP contribution is -2.22. The minimum atomic E-state index is -0.409. The number of methoxy groups -OCH3 is 1. The number of carbonyl (C=O) groups is 2. The number of pyridine rings is 1. The molecule has 3 aromatic rings. The first-order valence-electron chi connectivity index (χ1n) is 6.62. The van der Waals surface area contributed by atoms with E-state index in [2.05, 4.69) is 10.3 Å². The highest BCUT2D eigenvalue weighted by atomic mass is 16.6. The Kier molecular flexibility index (Phi) is 3.52. The third-order valence-corrected chi connectivity index (χ3v) is 3.48. The molecule has 2 aromatic heterocycles. The Bertz CT molecular complexity index is 882. The molecule has 0 aliphatic carbocycles. The summed E-state index contributed by atoms with van der Waals surface area (Å²) in [5.41, 5.74) is 4.68. The molecule has 0 aliphatic rings. The molecule has 6 heteroatoms. The lowest BCUT2D eigenvalue weighted by molar-refractivity contribution is 0.0537. The molecule has 0 spiro atoms. The van der Waals surface area contributed by atoms with Crippen LogP contribution in [0.25, 0.3) is 16.4 Å². The average molecular weight is 298 g/mol. The van der Waals surface area contributed by atoms with Gasteiger partial charge in [0, 0.05) is 11.6 Å². The van der Waals surface area contributed by atoms with Crippen molar-refractivity contribution in [3.05, 3.63) is 53.7 Å². The fraction of sp³-hybridized carbons (Fsp3) is 0.125. The Morgan fingerprint density at radius 2 is 1.82 bits per heavy atom. The molecule has 0 saturated carbocycles. The molecule has 0 radical (unpaired) electrons. The molecule has 6 nitrogen and oxygen atoms in total. The van der Waals surface area contributed by atoms with E-state index in [-0.39, 0.29) is 5.91 Å². The smallest absolute Gasteiger partial charge is 0.340 e. The van der Waals surface area contributed by atoms with Crippen LogP contribution < -0.4 is 5.48 Å². The Hall–Kier alpha value is -2.86. The summed E-state index contributed by atoms with van der Waals surface area (Å²) in [6.45, 7) is 0. The van der Waals surface area contributed by atoms with Gasteiger partial charge in [-0.1, -0.05) is 18.2 Å². The summed E-state index contributed by atoms with van der Waals surface area (Å²) in [6.07, 6.45) is 1.67. The van der Waals surface area contributed by atoms with Crippen molar-refractivity contribution >= 4 is 28.3 Å². The molecule has 22 heavy (non-hydrogen) atoms. The Morgan fingerprint density at radius 3 is 2.55 bits per heavy atom. The number of hydrogen-bond donors (Lipinski definition) is 1. The van der Waals surface area contributed by atoms with Crippen LogP contribution in [0.1, 0.15) is 20.7 Å². The molecule has 2 heterocycles. The lowest BCUT2D eigenvalue weighted by Gasteiger charge is -2.04. The fourth-order valence-corrected chi connectivity index (χ4v) is 2.54. The molecule has 0 bridgehead atoms. The van der Waals surface area contributed by atoms with Crippen LogP contribution in [0.2, 0.25) is 0 Å². The molecule has 0 unspecified atom stereocenters. The standard InChI is InChI=1S/C16H14N2O4/c1-21-16(20)14-11-5-3-4-6-12(11)18-9-10(7-8-13(14)18)15(19)17-22-2/h3-9H,1-2H3,(H,17,19). The average Bonchev–Trinajstić information content (AvgIpc) is 2.88. The van der Waals surface area contributed by atoms with E-state index in [1.54, 1.807) is 22.7 Å². The van der Waals surface area contributed by atoms with E-state index in [9.17, 15) is 9.59 Å². The van der Waals surface area contributed by atoms with E-state index >= 15 is 0 Å². The normalized spacial score (nSPS) is 10.8. The second kappa shape index (κ2) is 5.50. The highest BCUT2D eigenvalue weighted by molar-refractivity contribution is 6.12. The molecule has 1 aromatic carbocycles. The van der Waals surface area contributed by atoms with Crippen LogP contribution in [0.3, 0.4) is 0 Å². The Labute approximate surface area is 126 Å². The van der Waals surface area contributed by atoms with Crippen LogP contribution >= 0.6 is 0 Å². The molecule has 1 amide bonds. The van der Waals surface area contributed by atoms with Crippen molar-refractivity contribution in [1.29, 1.82) is 0 Å². The SMILES string of the molecule is CONC(=O)c1ccc2c(C(=O)OC)c3ccccc3n2c1. The van der Waals surface area contributed by atoms with Gasteiger partial charge in [-0.2, -0.15) is 0 Å². The van der Waals surface area contributed by atoms with Crippen molar-refractivity contribution in [2.45, 2.75) is 0 Å². The maximum absolute atomic E-state index is 12.1. The largest absolute Gasteiger partial charge is 0.465 e. The maximum atomic E-state index is 12.1. The van der Waals surface area contributed by atoms with Crippen molar-refractivity contribution in [2.24, 2.45) is 0 Å². The molecule has 0 aliphatic heterocycles. The van der Waals surface area contributed by atoms with Crippen LogP contribution in [0.5, 0.6) is 0 Å². The fourth-order valence-electron chi connectivity index (χ4n) is 2.54. The summed E-state index contributed by atoms with van der Waals surface area (Å²) in [5.74, 6) is -0.769. The minimum absolute atomic E-state index is 0.359. The topological polar surface area (TPSA) is 69.0 Å². The highest BCUT2D eigenvalue weighted by Crippen LogP contribution is 2.27. The number of amides is 1. The number of rotatable bonds is 3. The van der Waals surface area contributed by atoms with Gasteiger partial charge in [-0.3, -0.25) is 9.63 Å². The van der Waals surface area contributed by atoms with Crippen molar-refractivity contribution in [1.82, 2.24) is 9.88 Å². The monoisotopic (exact) mass is 298 g/mol. The van der Waals surface area contributed by atoms with Gasteiger partial charge in [-0.15, -0.1) is 0 Å². The molecule has 112 valence electrons. The molecular weight excluding hydrogens is 284 g/mol. The molecule has 0 atom stereocenters. The van der Waals surface area contributed by atoms with E-state index in [0.717, 1.165) is 10.9 Å². The Balaban J connectivity index is 2.31. The van der Waals surface area contributed by atoms with Crippen molar-refractivity contribution in [3.8, 4) is 0 Å². The predicted molar refractivity (Wildman–Crippen MR) is 80.7 cm³/mol. The van der Waals surface area contributed by atoms with Gasteiger partial charge in [0.1, 0.15) is 0 Å². The molecular formula is C16H14N2O4. The van der Waals surface area contributed by atoms with E-state index in [4.69, 9.17) is 4.74 Å². The molecule has 0 fully saturated rings. The van der Waals surface area contributed by atoms with Gasteiger partial charge in [0.25, 0.3) is 5.91 Å².